The Morgan fingerprint density at radius 3 is 2.59 bits per heavy atom. The summed E-state index contributed by atoms with van der Waals surface area (Å²) in [5.74, 6) is 1.09. The maximum atomic E-state index is 12.7. The molecule has 2 N–H and O–H groups in total. The van der Waals surface area contributed by atoms with Gasteiger partial charge in [0.1, 0.15) is 5.82 Å². The average Bonchev–Trinajstić information content (AvgIpc) is 3.53. The van der Waals surface area contributed by atoms with Gasteiger partial charge in [0.25, 0.3) is 0 Å². The lowest BCUT2D eigenvalue weighted by Crippen LogP contribution is -2.44. The van der Waals surface area contributed by atoms with Crippen LogP contribution in [-0.2, 0) is 20.3 Å². The third-order valence-electron chi connectivity index (χ3n) is 6.24. The number of amides is 2. The van der Waals surface area contributed by atoms with Crippen molar-refractivity contribution in [1.29, 1.82) is 0 Å². The number of anilines is 2. The van der Waals surface area contributed by atoms with E-state index in [2.05, 4.69) is 27.4 Å². The van der Waals surface area contributed by atoms with Crippen LogP contribution in [0.1, 0.15) is 43.2 Å². The number of hydrogen-bond acceptors (Lipinski definition) is 7. The van der Waals surface area contributed by atoms with Gasteiger partial charge in [0.05, 0.1) is 36.0 Å². The van der Waals surface area contributed by atoms with Crippen LogP contribution in [0.15, 0.2) is 24.3 Å². The van der Waals surface area contributed by atoms with Crippen molar-refractivity contribution in [3.8, 4) is 11.4 Å². The third-order valence-corrected chi connectivity index (χ3v) is 8.23. The van der Waals surface area contributed by atoms with Crippen LogP contribution >= 0.6 is 0 Å². The van der Waals surface area contributed by atoms with Gasteiger partial charge in [0.2, 0.25) is 0 Å². The lowest BCUT2D eigenvalue weighted by molar-refractivity contribution is 0.0984. The number of ether oxygens (including phenoxy) is 1. The predicted octanol–water partition coefficient (Wildman–Crippen LogP) is 2.64. The average molecular weight is 458 g/mol. The first kappa shape index (κ1) is 21.1. The molecule has 2 aliphatic heterocycles. The molecule has 2 amide bonds. The van der Waals surface area contributed by atoms with Crippen LogP contribution in [-0.4, -0.2) is 56.3 Å². The predicted molar refractivity (Wildman–Crippen MR) is 121 cm³/mol. The second-order valence-corrected chi connectivity index (χ2v) is 11.1. The van der Waals surface area contributed by atoms with Crippen molar-refractivity contribution in [3.63, 3.8) is 0 Å². The number of sulfone groups is 1. The molecule has 9 nitrogen and oxygen atoms in total. The topological polar surface area (TPSA) is 114 Å². The standard InChI is InChI=1S/C22H27N5O4S/c1-13-11-31-10-9-27(13)21-19-14(2)32(29,30)12-18(19)25-20(26-21)15-3-5-16(6-4-15)23-22(28)24-17-7-8-17/h3-6,13-14,17H,7-12H2,1-2H3,(H2,23,24,28). The minimum atomic E-state index is -3.30. The van der Waals surface area contributed by atoms with Gasteiger partial charge in [0.15, 0.2) is 15.7 Å². The second kappa shape index (κ2) is 8.00. The van der Waals surface area contributed by atoms with Crippen LogP contribution < -0.4 is 15.5 Å². The van der Waals surface area contributed by atoms with Crippen LogP contribution in [0.2, 0.25) is 0 Å². The van der Waals surface area contributed by atoms with Gasteiger partial charge in [-0.3, -0.25) is 0 Å². The number of benzene rings is 1. The first-order valence-corrected chi connectivity index (χ1v) is 12.7. The molecule has 2 unspecified atom stereocenters. The molecule has 1 saturated heterocycles. The molecule has 1 saturated carbocycles. The second-order valence-electron chi connectivity index (χ2n) is 8.75. The van der Waals surface area contributed by atoms with E-state index >= 15 is 0 Å². The molecule has 10 heteroatoms. The van der Waals surface area contributed by atoms with E-state index in [0.717, 1.165) is 18.4 Å². The summed E-state index contributed by atoms with van der Waals surface area (Å²) in [6.45, 7) is 5.55. The molecule has 0 radical (unpaired) electrons. The van der Waals surface area contributed by atoms with Crippen LogP contribution in [0.3, 0.4) is 0 Å². The number of aromatic nitrogens is 2. The SMILES string of the molecule is CC1COCCN1c1nc(-c2ccc(NC(=O)NC3CC3)cc2)nc2c1C(C)S(=O)(=O)C2. The summed E-state index contributed by atoms with van der Waals surface area (Å²) in [4.78, 5) is 23.6. The Hall–Kier alpha value is -2.72. The number of carbonyl (C=O) groups is 1. The first-order chi connectivity index (χ1) is 15.3. The highest BCUT2D eigenvalue weighted by molar-refractivity contribution is 7.91. The van der Waals surface area contributed by atoms with E-state index in [1.807, 2.05) is 12.1 Å². The molecule has 1 aliphatic carbocycles. The van der Waals surface area contributed by atoms with Crippen molar-refractivity contribution >= 4 is 27.4 Å². The normalized spacial score (nSPS) is 24.1. The summed E-state index contributed by atoms with van der Waals surface area (Å²) in [6, 6.07) is 7.44. The first-order valence-electron chi connectivity index (χ1n) is 11.0. The van der Waals surface area contributed by atoms with Crippen molar-refractivity contribution in [2.45, 2.75) is 49.8 Å². The Morgan fingerprint density at radius 2 is 1.91 bits per heavy atom. The summed E-state index contributed by atoms with van der Waals surface area (Å²) in [7, 11) is -3.30. The number of hydrogen-bond donors (Lipinski definition) is 2. The summed E-state index contributed by atoms with van der Waals surface area (Å²) < 4.78 is 30.9. The molecule has 170 valence electrons. The van der Waals surface area contributed by atoms with E-state index in [0.29, 0.717) is 48.3 Å². The molecule has 2 atom stereocenters. The number of morpholine rings is 1. The van der Waals surface area contributed by atoms with Crippen molar-refractivity contribution in [2.75, 3.05) is 30.0 Å². The van der Waals surface area contributed by atoms with Crippen LogP contribution in [0.4, 0.5) is 16.3 Å². The molecule has 2 fully saturated rings. The molecule has 3 aliphatic rings. The molecule has 1 aromatic carbocycles. The maximum absolute atomic E-state index is 12.7. The molecule has 5 rings (SSSR count). The number of rotatable bonds is 4. The van der Waals surface area contributed by atoms with Gasteiger partial charge in [0, 0.05) is 29.4 Å². The lowest BCUT2D eigenvalue weighted by Gasteiger charge is -2.35. The summed E-state index contributed by atoms with van der Waals surface area (Å²) >= 11 is 0. The van der Waals surface area contributed by atoms with E-state index < -0.39 is 15.1 Å². The van der Waals surface area contributed by atoms with Crippen LogP contribution in [0.5, 0.6) is 0 Å². The van der Waals surface area contributed by atoms with Crippen molar-refractivity contribution in [3.05, 3.63) is 35.5 Å². The van der Waals surface area contributed by atoms with E-state index in [1.165, 1.54) is 0 Å². The summed E-state index contributed by atoms with van der Waals surface area (Å²) in [6.07, 6.45) is 2.06. The Morgan fingerprint density at radius 1 is 1.16 bits per heavy atom. The number of urea groups is 1. The van der Waals surface area contributed by atoms with Gasteiger partial charge in [-0.05, 0) is 51.0 Å². The zero-order valence-electron chi connectivity index (χ0n) is 18.2. The smallest absolute Gasteiger partial charge is 0.319 e. The highest BCUT2D eigenvalue weighted by Crippen LogP contribution is 2.42. The Bertz CT molecular complexity index is 1150. The van der Waals surface area contributed by atoms with Crippen molar-refractivity contribution < 1.29 is 17.9 Å². The van der Waals surface area contributed by atoms with E-state index in [4.69, 9.17) is 9.72 Å². The molecular weight excluding hydrogens is 430 g/mol. The van der Waals surface area contributed by atoms with Gasteiger partial charge in [-0.25, -0.2) is 23.2 Å². The van der Waals surface area contributed by atoms with Gasteiger partial charge in [-0.2, -0.15) is 0 Å². The monoisotopic (exact) mass is 457 g/mol. The quantitative estimate of drug-likeness (QED) is 0.725. The van der Waals surface area contributed by atoms with Crippen LogP contribution in [0, 0.1) is 0 Å². The Balaban J connectivity index is 1.48. The fourth-order valence-corrected chi connectivity index (χ4v) is 5.65. The molecule has 2 aromatic rings. The van der Waals surface area contributed by atoms with E-state index in [-0.39, 0.29) is 23.9 Å². The number of nitrogens with one attached hydrogen (secondary N) is 2. The van der Waals surface area contributed by atoms with Gasteiger partial charge in [-0.15, -0.1) is 0 Å². The minimum Gasteiger partial charge on any atom is -0.377 e. The maximum Gasteiger partial charge on any atom is 0.319 e. The highest BCUT2D eigenvalue weighted by Gasteiger charge is 2.40. The molecular formula is C22H27N5O4S. The van der Waals surface area contributed by atoms with Gasteiger partial charge in [-0.1, -0.05) is 0 Å². The fourth-order valence-electron chi connectivity index (χ4n) is 4.20. The molecule has 0 spiro atoms. The molecule has 3 heterocycles. The fraction of sp³-hybridized carbons (Fsp3) is 0.500. The third kappa shape index (κ3) is 4.04. The number of fused-ring (bicyclic) bond motifs is 1. The summed E-state index contributed by atoms with van der Waals surface area (Å²) in [5, 5.41) is 5.08. The molecule has 32 heavy (non-hydrogen) atoms. The van der Waals surface area contributed by atoms with Crippen molar-refractivity contribution in [1.82, 2.24) is 15.3 Å². The van der Waals surface area contributed by atoms with E-state index in [1.54, 1.807) is 19.1 Å². The molecule has 1 aromatic heterocycles. The minimum absolute atomic E-state index is 0.0777. The zero-order chi connectivity index (χ0) is 22.5. The Kier molecular flexibility index (Phi) is 5.29. The largest absolute Gasteiger partial charge is 0.377 e. The molecule has 0 bridgehead atoms. The van der Waals surface area contributed by atoms with Gasteiger partial charge >= 0.3 is 6.03 Å². The van der Waals surface area contributed by atoms with E-state index in [9.17, 15) is 13.2 Å². The lowest BCUT2D eigenvalue weighted by atomic mass is 10.1. The summed E-state index contributed by atoms with van der Waals surface area (Å²) in [5.41, 5.74) is 2.71. The van der Waals surface area contributed by atoms with Crippen molar-refractivity contribution in [2.24, 2.45) is 0 Å². The number of carbonyl (C=O) groups excluding carboxylic acids is 1. The number of nitrogens with zero attached hydrogens (tertiary/aromatic N) is 3. The van der Waals surface area contributed by atoms with Gasteiger partial charge < -0.3 is 20.3 Å². The Labute approximate surface area is 187 Å². The van der Waals surface area contributed by atoms with Crippen LogP contribution in [0.25, 0.3) is 11.4 Å². The zero-order valence-corrected chi connectivity index (χ0v) is 19.0. The highest BCUT2D eigenvalue weighted by atomic mass is 32.2.